The van der Waals surface area contributed by atoms with E-state index in [0.717, 1.165) is 11.3 Å². The molecule has 0 aliphatic rings. The second-order valence-corrected chi connectivity index (χ2v) is 5.02. The van der Waals surface area contributed by atoms with Crippen LogP contribution in [0.1, 0.15) is 15.9 Å². The Morgan fingerprint density at radius 2 is 1.70 bits per heavy atom. The molecule has 2 rings (SSSR count). The summed E-state index contributed by atoms with van der Waals surface area (Å²) in [4.78, 5) is 12.2. The molecule has 0 saturated carbocycles. The quantitative estimate of drug-likeness (QED) is 0.752. The second kappa shape index (κ2) is 7.74. The summed E-state index contributed by atoms with van der Waals surface area (Å²) in [5.41, 5.74) is 1.15. The predicted molar refractivity (Wildman–Crippen MR) is 86.7 cm³/mol. The molecule has 0 aromatic heterocycles. The van der Waals surface area contributed by atoms with E-state index < -0.39 is 5.97 Å². The fraction of sp³-hybridized carbons (Fsp3) is 0.235. The van der Waals surface area contributed by atoms with Crippen LogP contribution in [0.2, 0.25) is 5.02 Å². The molecule has 0 bridgehead atoms. The van der Waals surface area contributed by atoms with E-state index in [1.54, 1.807) is 19.2 Å². The molecule has 0 aliphatic heterocycles. The van der Waals surface area contributed by atoms with Crippen LogP contribution in [0.25, 0.3) is 0 Å². The highest BCUT2D eigenvalue weighted by Gasteiger charge is 2.16. The molecule has 23 heavy (non-hydrogen) atoms. The molecule has 0 amide bonds. The largest absolute Gasteiger partial charge is 0.497 e. The minimum absolute atomic E-state index is 0.148. The molecule has 0 N–H and O–H groups in total. The van der Waals surface area contributed by atoms with Crippen molar-refractivity contribution in [2.45, 2.75) is 6.61 Å². The fourth-order valence-corrected chi connectivity index (χ4v) is 2.28. The van der Waals surface area contributed by atoms with Crippen LogP contribution < -0.4 is 14.2 Å². The molecule has 5 nitrogen and oxygen atoms in total. The molecule has 122 valence electrons. The zero-order chi connectivity index (χ0) is 16.8. The van der Waals surface area contributed by atoms with Crippen molar-refractivity contribution in [2.75, 3.05) is 21.3 Å². The first-order chi connectivity index (χ1) is 11.1. The van der Waals surface area contributed by atoms with Gasteiger partial charge >= 0.3 is 5.97 Å². The summed E-state index contributed by atoms with van der Waals surface area (Å²) in [6.45, 7) is 0.148. The van der Waals surface area contributed by atoms with Crippen LogP contribution in [-0.2, 0) is 11.3 Å². The van der Waals surface area contributed by atoms with Crippen molar-refractivity contribution in [2.24, 2.45) is 0 Å². The number of rotatable bonds is 6. The van der Waals surface area contributed by atoms with E-state index >= 15 is 0 Å². The van der Waals surface area contributed by atoms with Gasteiger partial charge < -0.3 is 18.9 Å². The summed E-state index contributed by atoms with van der Waals surface area (Å²) in [5.74, 6) is 0.993. The van der Waals surface area contributed by atoms with Crippen LogP contribution in [0.4, 0.5) is 0 Å². The van der Waals surface area contributed by atoms with Gasteiger partial charge in [-0.15, -0.1) is 0 Å². The van der Waals surface area contributed by atoms with E-state index in [1.165, 1.54) is 26.4 Å². The standard InChI is InChI=1S/C17H17ClO5/c1-20-13-6-4-11(5-7-13)10-23-17(19)12-8-14(18)16(22-3)15(9-12)21-2/h4-9H,10H2,1-3H3. The first-order valence-electron chi connectivity index (χ1n) is 6.80. The molecule has 0 aliphatic carbocycles. The lowest BCUT2D eigenvalue weighted by Gasteiger charge is -2.11. The van der Waals surface area contributed by atoms with Gasteiger partial charge in [-0.2, -0.15) is 0 Å². The summed E-state index contributed by atoms with van der Waals surface area (Å²) >= 11 is 6.08. The number of ether oxygens (including phenoxy) is 4. The Morgan fingerprint density at radius 1 is 1.00 bits per heavy atom. The SMILES string of the molecule is COc1ccc(COC(=O)c2cc(Cl)c(OC)c(OC)c2)cc1. The maximum absolute atomic E-state index is 12.2. The monoisotopic (exact) mass is 336 g/mol. The molecule has 2 aromatic carbocycles. The lowest BCUT2D eigenvalue weighted by atomic mass is 10.2. The van der Waals surface area contributed by atoms with Gasteiger partial charge in [0.25, 0.3) is 0 Å². The van der Waals surface area contributed by atoms with Crippen LogP contribution >= 0.6 is 11.6 Å². The van der Waals surface area contributed by atoms with Gasteiger partial charge in [0.2, 0.25) is 0 Å². The number of hydrogen-bond acceptors (Lipinski definition) is 5. The number of esters is 1. The fourth-order valence-electron chi connectivity index (χ4n) is 1.99. The van der Waals surface area contributed by atoms with Gasteiger partial charge in [0.05, 0.1) is 31.9 Å². The Bertz CT molecular complexity index is 682. The summed E-state index contributed by atoms with van der Waals surface area (Å²) in [5, 5.41) is 0.281. The third-order valence-electron chi connectivity index (χ3n) is 3.20. The minimum atomic E-state index is -0.497. The maximum atomic E-state index is 12.2. The average Bonchev–Trinajstić information content (AvgIpc) is 2.59. The van der Waals surface area contributed by atoms with Crippen LogP contribution in [-0.4, -0.2) is 27.3 Å². The molecule has 0 heterocycles. The van der Waals surface area contributed by atoms with E-state index in [9.17, 15) is 4.79 Å². The molecule has 0 saturated heterocycles. The number of methoxy groups -OCH3 is 3. The van der Waals surface area contributed by atoms with Crippen molar-refractivity contribution in [3.63, 3.8) is 0 Å². The molecule has 0 spiro atoms. The van der Waals surface area contributed by atoms with Crippen LogP contribution in [0.3, 0.4) is 0 Å². The van der Waals surface area contributed by atoms with Gasteiger partial charge in [-0.25, -0.2) is 4.79 Å². The molecule has 0 atom stereocenters. The Hall–Kier alpha value is -2.40. The first kappa shape index (κ1) is 17.0. The summed E-state index contributed by atoms with van der Waals surface area (Å²) in [6, 6.07) is 10.3. The highest BCUT2D eigenvalue weighted by atomic mass is 35.5. The lowest BCUT2D eigenvalue weighted by Crippen LogP contribution is -2.06. The van der Waals surface area contributed by atoms with E-state index in [1.807, 2.05) is 12.1 Å². The zero-order valence-corrected chi connectivity index (χ0v) is 13.8. The molecular weight excluding hydrogens is 320 g/mol. The van der Waals surface area contributed by atoms with E-state index in [-0.39, 0.29) is 11.6 Å². The normalized spacial score (nSPS) is 10.1. The van der Waals surface area contributed by atoms with Gasteiger partial charge in [-0.05, 0) is 29.8 Å². The number of carbonyl (C=O) groups is 1. The van der Waals surface area contributed by atoms with E-state index in [0.29, 0.717) is 17.1 Å². The second-order valence-electron chi connectivity index (χ2n) is 4.62. The Morgan fingerprint density at radius 3 is 2.26 bits per heavy atom. The topological polar surface area (TPSA) is 54.0 Å². The first-order valence-corrected chi connectivity index (χ1v) is 7.18. The predicted octanol–water partition coefficient (Wildman–Crippen LogP) is 3.72. The Kier molecular flexibility index (Phi) is 5.71. The van der Waals surface area contributed by atoms with E-state index in [2.05, 4.69) is 0 Å². The van der Waals surface area contributed by atoms with Gasteiger partial charge in [0.15, 0.2) is 11.5 Å². The summed E-state index contributed by atoms with van der Waals surface area (Å²) in [6.07, 6.45) is 0. The maximum Gasteiger partial charge on any atom is 0.338 e. The molecular formula is C17H17ClO5. The lowest BCUT2D eigenvalue weighted by molar-refractivity contribution is 0.0472. The van der Waals surface area contributed by atoms with Crippen molar-refractivity contribution >= 4 is 17.6 Å². The minimum Gasteiger partial charge on any atom is -0.497 e. The van der Waals surface area contributed by atoms with Gasteiger partial charge in [-0.3, -0.25) is 0 Å². The van der Waals surface area contributed by atoms with Crippen molar-refractivity contribution < 1.29 is 23.7 Å². The number of carbonyl (C=O) groups excluding carboxylic acids is 1. The third kappa shape index (κ3) is 4.07. The summed E-state index contributed by atoms with van der Waals surface area (Å²) in [7, 11) is 4.54. The van der Waals surface area contributed by atoms with Crippen molar-refractivity contribution in [3.05, 3.63) is 52.5 Å². The average molecular weight is 337 g/mol. The van der Waals surface area contributed by atoms with E-state index in [4.69, 9.17) is 30.5 Å². The molecule has 2 aromatic rings. The third-order valence-corrected chi connectivity index (χ3v) is 3.48. The van der Waals surface area contributed by atoms with Crippen molar-refractivity contribution in [1.29, 1.82) is 0 Å². The zero-order valence-electron chi connectivity index (χ0n) is 13.1. The number of halogens is 1. The number of hydrogen-bond donors (Lipinski definition) is 0. The van der Waals surface area contributed by atoms with Crippen molar-refractivity contribution in [1.82, 2.24) is 0 Å². The highest BCUT2D eigenvalue weighted by Crippen LogP contribution is 2.36. The Balaban J connectivity index is 2.09. The smallest absolute Gasteiger partial charge is 0.338 e. The van der Waals surface area contributed by atoms with Gasteiger partial charge in [0, 0.05) is 0 Å². The van der Waals surface area contributed by atoms with Gasteiger partial charge in [-0.1, -0.05) is 23.7 Å². The molecule has 0 fully saturated rings. The molecule has 0 radical (unpaired) electrons. The Labute approximate surface area is 139 Å². The van der Waals surface area contributed by atoms with Crippen molar-refractivity contribution in [3.8, 4) is 17.2 Å². The highest BCUT2D eigenvalue weighted by molar-refractivity contribution is 6.32. The molecule has 6 heteroatoms. The van der Waals surface area contributed by atoms with Gasteiger partial charge in [0.1, 0.15) is 12.4 Å². The van der Waals surface area contributed by atoms with Crippen LogP contribution in [0.15, 0.2) is 36.4 Å². The molecule has 0 unspecified atom stereocenters. The number of benzene rings is 2. The van der Waals surface area contributed by atoms with Crippen LogP contribution in [0, 0.1) is 0 Å². The van der Waals surface area contributed by atoms with Crippen LogP contribution in [0.5, 0.6) is 17.2 Å². The summed E-state index contributed by atoms with van der Waals surface area (Å²) < 4.78 is 20.7.